The van der Waals surface area contributed by atoms with E-state index in [0.29, 0.717) is 16.1 Å². The zero-order valence-corrected chi connectivity index (χ0v) is 18.2. The molecule has 1 aromatic rings. The Morgan fingerprint density at radius 3 is 1.92 bits per heavy atom. The molecule has 0 aliphatic heterocycles. The second-order valence-corrected chi connectivity index (χ2v) is 11.8. The van der Waals surface area contributed by atoms with Gasteiger partial charge in [0.1, 0.15) is 0 Å². The van der Waals surface area contributed by atoms with Crippen LogP contribution in [0.5, 0.6) is 0 Å². The molecule has 0 bridgehead atoms. The van der Waals surface area contributed by atoms with Crippen LogP contribution in [0.3, 0.4) is 0 Å². The monoisotopic (exact) mass is 390 g/mol. The van der Waals surface area contributed by atoms with Crippen LogP contribution in [-0.2, 0) is 4.43 Å². The predicted octanol–water partition coefficient (Wildman–Crippen LogP) is 6.23. The summed E-state index contributed by atoms with van der Waals surface area (Å²) in [4.78, 5) is 4.08. The minimum Gasteiger partial charge on any atom is -0.409 e. The molecule has 0 aliphatic carbocycles. The van der Waals surface area contributed by atoms with Gasteiger partial charge >= 0.3 is 0 Å². The molecule has 3 nitrogen and oxygen atoms in total. The fourth-order valence-electron chi connectivity index (χ4n) is 3.08. The van der Waals surface area contributed by atoms with Crippen LogP contribution in [0.25, 0.3) is 0 Å². The van der Waals surface area contributed by atoms with Crippen molar-refractivity contribution in [2.75, 3.05) is 6.54 Å². The van der Waals surface area contributed by atoms with Crippen LogP contribution in [0.1, 0.15) is 59.1 Å². The van der Waals surface area contributed by atoms with Gasteiger partial charge in [-0.1, -0.05) is 57.8 Å². The van der Waals surface area contributed by atoms with E-state index in [9.17, 15) is 0 Å². The van der Waals surface area contributed by atoms with E-state index in [0.717, 1.165) is 43.1 Å². The summed E-state index contributed by atoms with van der Waals surface area (Å²) in [5, 5.41) is 4.80. The lowest BCUT2D eigenvalue weighted by Gasteiger charge is -2.35. The van der Waals surface area contributed by atoms with Crippen molar-refractivity contribution in [2.45, 2.75) is 77.7 Å². The Balaban J connectivity index is 3.11. The van der Waals surface area contributed by atoms with E-state index < -0.39 is 8.32 Å². The molecule has 1 N–H and O–H groups in total. The molecule has 24 heavy (non-hydrogen) atoms. The summed E-state index contributed by atoms with van der Waals surface area (Å²) in [6.45, 7) is 11.8. The van der Waals surface area contributed by atoms with E-state index >= 15 is 0 Å². The van der Waals surface area contributed by atoms with Crippen molar-refractivity contribution >= 4 is 31.5 Å². The SMILES string of the molecule is CCC(CC)NCC(O[Si](CC)(CC)CC)c1c(Cl)cncc1Cl. The number of rotatable bonds is 11. The second-order valence-electron chi connectivity index (χ2n) is 6.29. The molecule has 138 valence electrons. The quantitative estimate of drug-likeness (QED) is 0.454. The van der Waals surface area contributed by atoms with E-state index in [4.69, 9.17) is 27.6 Å². The molecule has 1 heterocycles. The highest BCUT2D eigenvalue weighted by atomic mass is 35.5. The van der Waals surface area contributed by atoms with E-state index in [1.165, 1.54) is 0 Å². The minimum atomic E-state index is -1.78. The summed E-state index contributed by atoms with van der Waals surface area (Å²) in [5.74, 6) is 0. The molecule has 0 aliphatic rings. The van der Waals surface area contributed by atoms with Gasteiger partial charge in [0.15, 0.2) is 8.32 Å². The lowest BCUT2D eigenvalue weighted by atomic mass is 10.1. The molecule has 1 rings (SSSR count). The normalized spacial score (nSPS) is 13.5. The molecular formula is C18H32Cl2N2OSi. The number of nitrogens with one attached hydrogen (secondary N) is 1. The largest absolute Gasteiger partial charge is 0.409 e. The minimum absolute atomic E-state index is 0.125. The van der Waals surface area contributed by atoms with Crippen LogP contribution in [-0.4, -0.2) is 25.9 Å². The van der Waals surface area contributed by atoms with Gasteiger partial charge in [-0.15, -0.1) is 0 Å². The summed E-state index contributed by atoms with van der Waals surface area (Å²) >= 11 is 12.9. The smallest absolute Gasteiger partial charge is 0.192 e. The second kappa shape index (κ2) is 10.8. The van der Waals surface area contributed by atoms with Gasteiger partial charge in [0.05, 0.1) is 16.1 Å². The summed E-state index contributed by atoms with van der Waals surface area (Å²) < 4.78 is 6.75. The van der Waals surface area contributed by atoms with Gasteiger partial charge in [-0.2, -0.15) is 0 Å². The maximum absolute atomic E-state index is 6.75. The van der Waals surface area contributed by atoms with Crippen molar-refractivity contribution in [1.82, 2.24) is 10.3 Å². The highest BCUT2D eigenvalue weighted by Crippen LogP contribution is 2.36. The van der Waals surface area contributed by atoms with Gasteiger partial charge in [0.25, 0.3) is 0 Å². The summed E-state index contributed by atoms with van der Waals surface area (Å²) in [5.41, 5.74) is 0.874. The van der Waals surface area contributed by atoms with E-state index in [2.05, 4.69) is 44.9 Å². The van der Waals surface area contributed by atoms with Crippen LogP contribution in [0.2, 0.25) is 28.2 Å². The fraction of sp³-hybridized carbons (Fsp3) is 0.722. The predicted molar refractivity (Wildman–Crippen MR) is 108 cm³/mol. The van der Waals surface area contributed by atoms with Gasteiger partial charge in [0, 0.05) is 30.5 Å². The van der Waals surface area contributed by atoms with Gasteiger partial charge in [0.2, 0.25) is 0 Å². The Morgan fingerprint density at radius 2 is 1.50 bits per heavy atom. The van der Waals surface area contributed by atoms with Crippen LogP contribution >= 0.6 is 23.2 Å². The third kappa shape index (κ3) is 5.70. The Morgan fingerprint density at radius 1 is 1.00 bits per heavy atom. The first-order valence-electron chi connectivity index (χ1n) is 9.16. The van der Waals surface area contributed by atoms with E-state index in [-0.39, 0.29) is 6.10 Å². The maximum Gasteiger partial charge on any atom is 0.192 e. The Hall–Kier alpha value is -0.133. The molecule has 0 aromatic carbocycles. The number of hydrogen-bond donors (Lipinski definition) is 1. The topological polar surface area (TPSA) is 34.1 Å². The van der Waals surface area contributed by atoms with Crippen molar-refractivity contribution in [1.29, 1.82) is 0 Å². The van der Waals surface area contributed by atoms with Gasteiger partial charge in [-0.25, -0.2) is 0 Å². The van der Waals surface area contributed by atoms with Gasteiger partial charge in [-0.05, 0) is 31.0 Å². The van der Waals surface area contributed by atoms with Crippen LogP contribution in [0.4, 0.5) is 0 Å². The first kappa shape index (κ1) is 21.9. The zero-order chi connectivity index (χ0) is 18.2. The molecule has 0 saturated heterocycles. The van der Waals surface area contributed by atoms with Crippen molar-refractivity contribution in [3.63, 3.8) is 0 Å². The number of hydrogen-bond acceptors (Lipinski definition) is 3. The Bertz CT molecular complexity index is 465. The Kier molecular flexibility index (Phi) is 9.83. The van der Waals surface area contributed by atoms with E-state index in [1.54, 1.807) is 12.4 Å². The van der Waals surface area contributed by atoms with Crippen LogP contribution in [0.15, 0.2) is 12.4 Å². The highest BCUT2D eigenvalue weighted by Gasteiger charge is 2.34. The molecule has 0 saturated carbocycles. The summed E-state index contributed by atoms with van der Waals surface area (Å²) in [6.07, 6.45) is 5.38. The molecule has 0 fully saturated rings. The van der Waals surface area contributed by atoms with Crippen molar-refractivity contribution in [3.05, 3.63) is 28.0 Å². The first-order valence-corrected chi connectivity index (χ1v) is 12.4. The third-order valence-corrected chi connectivity index (χ3v) is 10.4. The maximum atomic E-state index is 6.75. The third-order valence-electron chi connectivity index (χ3n) is 5.12. The lowest BCUT2D eigenvalue weighted by molar-refractivity contribution is 0.180. The average Bonchev–Trinajstić information content (AvgIpc) is 2.60. The highest BCUT2D eigenvalue weighted by molar-refractivity contribution is 6.73. The standard InChI is InChI=1S/C18H32Cl2N2OSi/c1-6-14(7-2)22-13-17(23-24(8-3,9-4)10-5)18-15(19)11-21-12-16(18)20/h11-12,14,17,22H,6-10,13H2,1-5H3. The van der Waals surface area contributed by atoms with Crippen molar-refractivity contribution in [2.24, 2.45) is 0 Å². The summed E-state index contributed by atoms with van der Waals surface area (Å²) in [6, 6.07) is 3.78. The molecule has 1 unspecified atom stereocenters. The first-order chi connectivity index (χ1) is 11.5. The molecule has 0 spiro atoms. The molecule has 1 atom stereocenters. The molecular weight excluding hydrogens is 359 g/mol. The summed E-state index contributed by atoms with van der Waals surface area (Å²) in [7, 11) is -1.78. The molecule has 1 aromatic heterocycles. The average molecular weight is 391 g/mol. The molecule has 6 heteroatoms. The fourth-order valence-corrected chi connectivity index (χ4v) is 6.50. The van der Waals surface area contributed by atoms with E-state index in [1.807, 2.05) is 0 Å². The number of nitrogens with zero attached hydrogens (tertiary/aromatic N) is 1. The zero-order valence-electron chi connectivity index (χ0n) is 15.7. The number of aromatic nitrogens is 1. The molecule has 0 radical (unpaired) electrons. The van der Waals surface area contributed by atoms with Crippen molar-refractivity contribution in [3.8, 4) is 0 Å². The van der Waals surface area contributed by atoms with Crippen LogP contribution < -0.4 is 5.32 Å². The molecule has 0 amide bonds. The van der Waals surface area contributed by atoms with Gasteiger partial charge in [-0.3, -0.25) is 4.98 Å². The number of halogens is 2. The number of pyridine rings is 1. The van der Waals surface area contributed by atoms with Crippen LogP contribution in [0, 0.1) is 0 Å². The van der Waals surface area contributed by atoms with Crippen molar-refractivity contribution < 1.29 is 4.43 Å². The Labute approximate surface area is 158 Å². The van der Waals surface area contributed by atoms with Gasteiger partial charge < -0.3 is 9.74 Å². The lowest BCUT2D eigenvalue weighted by Crippen LogP contribution is -2.41.